The quantitative estimate of drug-likeness (QED) is 0.860. The Hall–Kier alpha value is -1.82. The van der Waals surface area contributed by atoms with Crippen LogP contribution in [0.2, 0.25) is 0 Å². The highest BCUT2D eigenvalue weighted by atomic mass is 32.2. The lowest BCUT2D eigenvalue weighted by Gasteiger charge is -2.10. The fraction of sp³-hybridized carbons (Fsp3) is 0.357. The average molecular weight is 293 g/mol. The zero-order valence-corrected chi connectivity index (χ0v) is 12.4. The number of aromatic nitrogens is 2. The minimum Gasteiger partial charge on any atom is -0.284 e. The molecular formula is C14H19N3O2S. The van der Waals surface area contributed by atoms with E-state index in [-0.39, 0.29) is 5.75 Å². The van der Waals surface area contributed by atoms with E-state index in [1.54, 1.807) is 18.3 Å². The van der Waals surface area contributed by atoms with Gasteiger partial charge in [-0.05, 0) is 30.5 Å². The van der Waals surface area contributed by atoms with E-state index in [1.807, 2.05) is 32.0 Å². The number of nitrogens with zero attached hydrogens (tertiary/aromatic N) is 1. The maximum Gasteiger partial charge on any atom is 0.232 e. The molecule has 2 N–H and O–H groups in total. The van der Waals surface area contributed by atoms with E-state index in [9.17, 15) is 8.42 Å². The minimum atomic E-state index is -3.29. The van der Waals surface area contributed by atoms with Crippen LogP contribution in [0.5, 0.6) is 0 Å². The first kappa shape index (κ1) is 14.6. The average Bonchev–Trinajstić information content (AvgIpc) is 2.90. The molecule has 0 amide bonds. The predicted octanol–water partition coefficient (Wildman–Crippen LogP) is 2.86. The molecule has 0 unspecified atom stereocenters. The summed E-state index contributed by atoms with van der Waals surface area (Å²) >= 11 is 0. The van der Waals surface area contributed by atoms with Crippen molar-refractivity contribution in [3.8, 4) is 11.3 Å². The van der Waals surface area contributed by atoms with Gasteiger partial charge in [0, 0.05) is 17.4 Å². The van der Waals surface area contributed by atoms with E-state index < -0.39 is 10.0 Å². The van der Waals surface area contributed by atoms with Crippen molar-refractivity contribution in [3.05, 3.63) is 36.5 Å². The lowest BCUT2D eigenvalue weighted by atomic mass is 10.1. The molecule has 6 heteroatoms. The summed E-state index contributed by atoms with van der Waals surface area (Å²) in [5.41, 5.74) is 2.32. The lowest BCUT2D eigenvalue weighted by molar-refractivity contribution is 0.578. The third kappa shape index (κ3) is 4.09. The van der Waals surface area contributed by atoms with Crippen LogP contribution >= 0.6 is 0 Å². The van der Waals surface area contributed by atoms with Gasteiger partial charge in [0.05, 0.1) is 11.4 Å². The molecule has 2 rings (SSSR count). The smallest absolute Gasteiger partial charge is 0.232 e. The number of hydrogen-bond acceptors (Lipinski definition) is 3. The van der Waals surface area contributed by atoms with Crippen LogP contribution in [0, 0.1) is 5.92 Å². The van der Waals surface area contributed by atoms with Crippen LogP contribution in [0.3, 0.4) is 0 Å². The number of nitrogens with one attached hydrogen (secondary N) is 2. The second kappa shape index (κ2) is 6.09. The van der Waals surface area contributed by atoms with Gasteiger partial charge < -0.3 is 0 Å². The second-order valence-corrected chi connectivity index (χ2v) is 7.00. The number of benzene rings is 1. The molecule has 0 saturated carbocycles. The van der Waals surface area contributed by atoms with Gasteiger partial charge in [-0.1, -0.05) is 26.0 Å². The second-order valence-electron chi connectivity index (χ2n) is 5.15. The SMILES string of the molecule is CC(C)CCS(=O)(=O)Nc1cccc(-c2ccn[nH]2)c1. The summed E-state index contributed by atoms with van der Waals surface area (Å²) in [6, 6.07) is 9.09. The molecule has 0 fully saturated rings. The number of anilines is 1. The van der Waals surface area contributed by atoms with E-state index in [2.05, 4.69) is 14.9 Å². The van der Waals surface area contributed by atoms with Crippen LogP contribution in [0.1, 0.15) is 20.3 Å². The molecule has 1 heterocycles. The summed E-state index contributed by atoms with van der Waals surface area (Å²) in [4.78, 5) is 0. The Morgan fingerprint density at radius 1 is 1.30 bits per heavy atom. The van der Waals surface area contributed by atoms with Gasteiger partial charge in [0.25, 0.3) is 0 Å². The normalized spacial score (nSPS) is 11.8. The van der Waals surface area contributed by atoms with Crippen LogP contribution < -0.4 is 4.72 Å². The van der Waals surface area contributed by atoms with Gasteiger partial charge in [-0.3, -0.25) is 9.82 Å². The Balaban J connectivity index is 2.12. The number of aromatic amines is 1. The van der Waals surface area contributed by atoms with Crippen molar-refractivity contribution in [3.63, 3.8) is 0 Å². The molecule has 20 heavy (non-hydrogen) atoms. The molecule has 0 aliphatic heterocycles. The maximum absolute atomic E-state index is 12.0. The lowest BCUT2D eigenvalue weighted by Crippen LogP contribution is -2.17. The van der Waals surface area contributed by atoms with E-state index in [0.717, 1.165) is 11.3 Å². The molecule has 0 saturated heterocycles. The van der Waals surface area contributed by atoms with Gasteiger partial charge in [0.1, 0.15) is 0 Å². The predicted molar refractivity (Wildman–Crippen MR) is 80.9 cm³/mol. The summed E-state index contributed by atoms with van der Waals surface area (Å²) in [7, 11) is -3.29. The van der Waals surface area contributed by atoms with Gasteiger partial charge >= 0.3 is 0 Å². The molecule has 2 aromatic rings. The Morgan fingerprint density at radius 2 is 2.10 bits per heavy atom. The van der Waals surface area contributed by atoms with Crippen LogP contribution in [0.15, 0.2) is 36.5 Å². The maximum atomic E-state index is 12.0. The molecule has 0 aliphatic carbocycles. The Labute approximate surface area is 119 Å². The fourth-order valence-electron chi connectivity index (χ4n) is 1.79. The highest BCUT2D eigenvalue weighted by Crippen LogP contribution is 2.21. The van der Waals surface area contributed by atoms with E-state index in [0.29, 0.717) is 18.0 Å². The van der Waals surface area contributed by atoms with Crippen LogP contribution in [-0.4, -0.2) is 24.4 Å². The van der Waals surface area contributed by atoms with Crippen molar-refractivity contribution in [1.82, 2.24) is 10.2 Å². The third-order valence-corrected chi connectivity index (χ3v) is 4.23. The standard InChI is InChI=1S/C14H19N3O2S/c1-11(2)7-9-20(18,19)17-13-5-3-4-12(10-13)14-6-8-15-16-14/h3-6,8,10-11,17H,7,9H2,1-2H3,(H,15,16). The molecule has 0 spiro atoms. The van der Waals surface area contributed by atoms with Crippen molar-refractivity contribution >= 4 is 15.7 Å². The zero-order valence-electron chi connectivity index (χ0n) is 11.6. The van der Waals surface area contributed by atoms with E-state index >= 15 is 0 Å². The first-order valence-corrected chi connectivity index (χ1v) is 8.22. The molecule has 108 valence electrons. The van der Waals surface area contributed by atoms with Crippen molar-refractivity contribution in [1.29, 1.82) is 0 Å². The van der Waals surface area contributed by atoms with E-state index in [4.69, 9.17) is 0 Å². The molecule has 5 nitrogen and oxygen atoms in total. The minimum absolute atomic E-state index is 0.138. The number of rotatable bonds is 6. The zero-order chi connectivity index (χ0) is 14.6. The van der Waals surface area contributed by atoms with Gasteiger partial charge in [-0.15, -0.1) is 0 Å². The summed E-state index contributed by atoms with van der Waals surface area (Å²) in [6.07, 6.45) is 2.31. The van der Waals surface area contributed by atoms with Crippen molar-refractivity contribution in [2.75, 3.05) is 10.5 Å². The summed E-state index contributed by atoms with van der Waals surface area (Å²) < 4.78 is 26.6. The number of sulfonamides is 1. The largest absolute Gasteiger partial charge is 0.284 e. The van der Waals surface area contributed by atoms with Crippen molar-refractivity contribution in [2.24, 2.45) is 5.92 Å². The summed E-state index contributed by atoms with van der Waals surface area (Å²) in [6.45, 7) is 4.02. The Morgan fingerprint density at radius 3 is 2.75 bits per heavy atom. The van der Waals surface area contributed by atoms with E-state index in [1.165, 1.54) is 0 Å². The van der Waals surface area contributed by atoms with Crippen LogP contribution in [0.4, 0.5) is 5.69 Å². The Kier molecular flexibility index (Phi) is 4.44. The topological polar surface area (TPSA) is 74.8 Å². The van der Waals surface area contributed by atoms with Gasteiger partial charge in [0.15, 0.2) is 0 Å². The molecule has 1 aromatic carbocycles. The molecular weight excluding hydrogens is 274 g/mol. The molecule has 1 aromatic heterocycles. The highest BCUT2D eigenvalue weighted by molar-refractivity contribution is 7.92. The van der Waals surface area contributed by atoms with Gasteiger partial charge in [-0.2, -0.15) is 5.10 Å². The molecule has 0 aliphatic rings. The summed E-state index contributed by atoms with van der Waals surface area (Å²) in [5.74, 6) is 0.502. The number of hydrogen-bond donors (Lipinski definition) is 2. The van der Waals surface area contributed by atoms with Crippen molar-refractivity contribution < 1.29 is 8.42 Å². The van der Waals surface area contributed by atoms with Crippen LogP contribution in [0.25, 0.3) is 11.3 Å². The first-order chi connectivity index (χ1) is 9.46. The van der Waals surface area contributed by atoms with Crippen molar-refractivity contribution in [2.45, 2.75) is 20.3 Å². The number of H-pyrrole nitrogens is 1. The van der Waals surface area contributed by atoms with Crippen LogP contribution in [-0.2, 0) is 10.0 Å². The highest BCUT2D eigenvalue weighted by Gasteiger charge is 2.12. The van der Waals surface area contributed by atoms with Gasteiger partial charge in [0.2, 0.25) is 10.0 Å². The fourth-order valence-corrected chi connectivity index (χ4v) is 3.16. The first-order valence-electron chi connectivity index (χ1n) is 6.56. The monoisotopic (exact) mass is 293 g/mol. The Bertz CT molecular complexity index is 649. The molecule has 0 atom stereocenters. The molecule has 0 radical (unpaired) electrons. The third-order valence-electron chi connectivity index (χ3n) is 2.91. The molecule has 0 bridgehead atoms. The summed E-state index contributed by atoms with van der Waals surface area (Å²) in [5, 5.41) is 6.74. The van der Waals surface area contributed by atoms with Gasteiger partial charge in [-0.25, -0.2) is 8.42 Å².